The van der Waals surface area contributed by atoms with Crippen LogP contribution in [-0.4, -0.2) is 66.5 Å². The van der Waals surface area contributed by atoms with Gasteiger partial charge in [-0.3, -0.25) is 14.4 Å². The molecule has 0 aromatic carbocycles. The first kappa shape index (κ1) is 26.1. The normalized spacial score (nSPS) is 23.5. The van der Waals surface area contributed by atoms with Gasteiger partial charge in [0.15, 0.2) is 0 Å². The van der Waals surface area contributed by atoms with Gasteiger partial charge in [0.25, 0.3) is 5.91 Å². The molecule has 8 nitrogen and oxygen atoms in total. The zero-order valence-electron chi connectivity index (χ0n) is 20.9. The molecule has 1 aromatic rings. The molecule has 0 aliphatic carbocycles. The van der Waals surface area contributed by atoms with Crippen LogP contribution in [-0.2, 0) is 14.3 Å². The number of ether oxygens (including phenoxy) is 1. The van der Waals surface area contributed by atoms with E-state index in [-0.39, 0.29) is 23.6 Å². The van der Waals surface area contributed by atoms with Crippen molar-refractivity contribution in [2.45, 2.75) is 71.8 Å². The first-order chi connectivity index (χ1) is 16.4. The minimum absolute atomic E-state index is 0.0271. The van der Waals surface area contributed by atoms with Gasteiger partial charge in [-0.15, -0.1) is 0 Å². The second kappa shape index (κ2) is 12.3. The van der Waals surface area contributed by atoms with Crippen molar-refractivity contribution in [3.8, 4) is 0 Å². The lowest BCUT2D eigenvalue weighted by atomic mass is 9.73. The molecule has 0 saturated carbocycles. The van der Waals surface area contributed by atoms with E-state index in [4.69, 9.17) is 4.74 Å². The SMILES string of the molecule is CC[C@H](C)[C@@H]1NC(=O)C2(CCCCOCCCNC1=O)CCN(C(=O)c1cccc(C)n1)CC2. The highest BCUT2D eigenvalue weighted by Crippen LogP contribution is 2.38. The van der Waals surface area contributed by atoms with Crippen LogP contribution in [0.4, 0.5) is 0 Å². The number of rotatable bonds is 3. The lowest BCUT2D eigenvalue weighted by molar-refractivity contribution is -0.139. The van der Waals surface area contributed by atoms with Gasteiger partial charge in [-0.2, -0.15) is 0 Å². The summed E-state index contributed by atoms with van der Waals surface area (Å²) in [5, 5.41) is 6.08. The van der Waals surface area contributed by atoms with E-state index in [1.807, 2.05) is 32.9 Å². The van der Waals surface area contributed by atoms with E-state index >= 15 is 0 Å². The van der Waals surface area contributed by atoms with Crippen LogP contribution in [0.5, 0.6) is 0 Å². The average molecular weight is 473 g/mol. The zero-order valence-corrected chi connectivity index (χ0v) is 20.9. The van der Waals surface area contributed by atoms with Crippen molar-refractivity contribution in [3.05, 3.63) is 29.6 Å². The summed E-state index contributed by atoms with van der Waals surface area (Å²) in [5.41, 5.74) is 0.658. The van der Waals surface area contributed by atoms with Gasteiger partial charge in [0, 0.05) is 38.5 Å². The fourth-order valence-electron chi connectivity index (χ4n) is 4.81. The van der Waals surface area contributed by atoms with Crippen LogP contribution < -0.4 is 10.6 Å². The molecule has 3 rings (SSSR count). The molecule has 1 spiro atoms. The first-order valence-corrected chi connectivity index (χ1v) is 12.8. The monoisotopic (exact) mass is 472 g/mol. The van der Waals surface area contributed by atoms with Gasteiger partial charge in [-0.05, 0) is 57.1 Å². The Kier molecular flexibility index (Phi) is 9.45. The predicted octanol–water partition coefficient (Wildman–Crippen LogP) is 2.85. The number of piperidine rings is 1. The number of nitrogens with one attached hydrogen (secondary N) is 2. The number of carbonyl (C=O) groups is 3. The van der Waals surface area contributed by atoms with Crippen LogP contribution in [0.15, 0.2) is 18.2 Å². The molecular weight excluding hydrogens is 432 g/mol. The van der Waals surface area contributed by atoms with Crippen molar-refractivity contribution < 1.29 is 19.1 Å². The fraction of sp³-hybridized carbons (Fsp3) is 0.692. The van der Waals surface area contributed by atoms with Gasteiger partial charge in [0.05, 0.1) is 5.41 Å². The zero-order chi connectivity index (χ0) is 24.6. The van der Waals surface area contributed by atoms with Gasteiger partial charge in [0.2, 0.25) is 11.8 Å². The highest BCUT2D eigenvalue weighted by atomic mass is 16.5. The Hall–Kier alpha value is -2.48. The maximum atomic E-state index is 13.7. The average Bonchev–Trinajstić information content (AvgIpc) is 2.85. The molecule has 2 aliphatic heterocycles. The maximum Gasteiger partial charge on any atom is 0.272 e. The van der Waals surface area contributed by atoms with Crippen LogP contribution in [0.1, 0.15) is 75.0 Å². The van der Waals surface area contributed by atoms with Gasteiger partial charge in [-0.1, -0.05) is 32.8 Å². The van der Waals surface area contributed by atoms with Crippen LogP contribution >= 0.6 is 0 Å². The van der Waals surface area contributed by atoms with E-state index in [9.17, 15) is 14.4 Å². The molecule has 0 bridgehead atoms. The smallest absolute Gasteiger partial charge is 0.272 e. The standard InChI is InChI=1S/C26H40N4O4/c1-4-19(2)22-23(31)27-14-8-18-34-17-6-5-11-26(25(33)29-22)12-15-30(16-13-26)24(32)21-10-7-9-20(3)28-21/h7,9-10,19,22H,4-6,8,11-18H2,1-3H3,(H,27,31)(H,29,33)/t19-,22-/m0/s1. The third-order valence-electron chi connectivity index (χ3n) is 7.34. The molecule has 188 valence electrons. The molecule has 2 atom stereocenters. The molecule has 0 unspecified atom stereocenters. The van der Waals surface area contributed by atoms with E-state index in [2.05, 4.69) is 15.6 Å². The van der Waals surface area contributed by atoms with E-state index in [1.165, 1.54) is 0 Å². The quantitative estimate of drug-likeness (QED) is 0.705. The Labute approximate surface area is 203 Å². The molecule has 3 amide bonds. The van der Waals surface area contributed by atoms with E-state index in [0.717, 1.165) is 37.8 Å². The lowest BCUT2D eigenvalue weighted by Gasteiger charge is -2.42. The van der Waals surface area contributed by atoms with Gasteiger partial charge in [-0.25, -0.2) is 4.98 Å². The second-order valence-electron chi connectivity index (χ2n) is 9.79. The largest absolute Gasteiger partial charge is 0.381 e. The topological polar surface area (TPSA) is 101 Å². The van der Waals surface area contributed by atoms with Crippen LogP contribution in [0.3, 0.4) is 0 Å². The Bertz CT molecular complexity index is 851. The highest BCUT2D eigenvalue weighted by molar-refractivity contribution is 5.93. The van der Waals surface area contributed by atoms with Crippen molar-refractivity contribution in [1.82, 2.24) is 20.5 Å². The summed E-state index contributed by atoms with van der Waals surface area (Å²) in [6, 6.07) is 4.89. The molecule has 1 aromatic heterocycles. The molecule has 2 aliphatic rings. The van der Waals surface area contributed by atoms with Crippen molar-refractivity contribution in [2.24, 2.45) is 11.3 Å². The highest BCUT2D eigenvalue weighted by Gasteiger charge is 2.43. The summed E-state index contributed by atoms with van der Waals surface area (Å²) in [5.74, 6) is -0.260. The maximum absolute atomic E-state index is 13.7. The van der Waals surface area contributed by atoms with E-state index in [1.54, 1.807) is 11.0 Å². The number of carbonyl (C=O) groups excluding carboxylic acids is 3. The molecular formula is C26H40N4O4. The first-order valence-electron chi connectivity index (χ1n) is 12.8. The van der Waals surface area contributed by atoms with E-state index < -0.39 is 11.5 Å². The van der Waals surface area contributed by atoms with Crippen molar-refractivity contribution in [1.29, 1.82) is 0 Å². The Balaban J connectivity index is 1.75. The molecule has 2 fully saturated rings. The number of nitrogens with zero attached hydrogens (tertiary/aromatic N) is 2. The van der Waals surface area contributed by atoms with Crippen molar-refractivity contribution in [3.63, 3.8) is 0 Å². The minimum atomic E-state index is -0.590. The lowest BCUT2D eigenvalue weighted by Crippen LogP contribution is -2.57. The second-order valence-corrected chi connectivity index (χ2v) is 9.79. The van der Waals surface area contributed by atoms with Gasteiger partial charge >= 0.3 is 0 Å². The van der Waals surface area contributed by atoms with Crippen LogP contribution in [0, 0.1) is 18.3 Å². The summed E-state index contributed by atoms with van der Waals surface area (Å²) in [7, 11) is 0. The van der Waals surface area contributed by atoms with E-state index in [0.29, 0.717) is 51.4 Å². The summed E-state index contributed by atoms with van der Waals surface area (Å²) < 4.78 is 5.71. The Morgan fingerprint density at radius 3 is 2.62 bits per heavy atom. The fourth-order valence-corrected chi connectivity index (χ4v) is 4.81. The number of pyridine rings is 1. The predicted molar refractivity (Wildman–Crippen MR) is 130 cm³/mol. The third-order valence-corrected chi connectivity index (χ3v) is 7.34. The van der Waals surface area contributed by atoms with Crippen LogP contribution in [0.2, 0.25) is 0 Å². The molecule has 3 heterocycles. The number of amides is 3. The molecule has 2 saturated heterocycles. The Morgan fingerprint density at radius 1 is 1.18 bits per heavy atom. The number of likely N-dealkylation sites (tertiary alicyclic amines) is 1. The van der Waals surface area contributed by atoms with Gasteiger partial charge < -0.3 is 20.3 Å². The number of hydrogen-bond acceptors (Lipinski definition) is 5. The molecule has 34 heavy (non-hydrogen) atoms. The summed E-state index contributed by atoms with van der Waals surface area (Å²) in [6.07, 6.45) is 5.20. The van der Waals surface area contributed by atoms with Gasteiger partial charge in [0.1, 0.15) is 11.7 Å². The summed E-state index contributed by atoms with van der Waals surface area (Å²) >= 11 is 0. The number of aryl methyl sites for hydroxylation is 1. The summed E-state index contributed by atoms with van der Waals surface area (Å²) in [6.45, 7) is 8.71. The number of aromatic nitrogens is 1. The molecule has 8 heteroatoms. The molecule has 2 N–H and O–H groups in total. The molecule has 0 radical (unpaired) electrons. The minimum Gasteiger partial charge on any atom is -0.381 e. The number of hydrogen-bond donors (Lipinski definition) is 2. The van der Waals surface area contributed by atoms with Crippen molar-refractivity contribution >= 4 is 17.7 Å². The van der Waals surface area contributed by atoms with Crippen molar-refractivity contribution in [2.75, 3.05) is 32.8 Å². The third kappa shape index (κ3) is 6.56. The summed E-state index contributed by atoms with van der Waals surface area (Å²) in [4.78, 5) is 45.8. The Morgan fingerprint density at radius 2 is 1.91 bits per heavy atom. The van der Waals surface area contributed by atoms with Crippen LogP contribution in [0.25, 0.3) is 0 Å².